The van der Waals surface area contributed by atoms with E-state index in [-0.39, 0.29) is 18.4 Å². The van der Waals surface area contributed by atoms with Crippen LogP contribution in [0.5, 0.6) is 0 Å². The maximum absolute atomic E-state index is 13.1. The Labute approximate surface area is 194 Å². The first-order valence-corrected chi connectivity index (χ1v) is 12.8. The molecule has 0 bridgehead atoms. The molecule has 1 aromatic carbocycles. The molecule has 2 amide bonds. The molecule has 0 aliphatic heterocycles. The van der Waals surface area contributed by atoms with Gasteiger partial charge in [-0.05, 0) is 49.7 Å². The lowest BCUT2D eigenvalue weighted by Crippen LogP contribution is -2.41. The second-order valence-electron chi connectivity index (χ2n) is 9.33. The highest BCUT2D eigenvalue weighted by Crippen LogP contribution is 2.29. The van der Waals surface area contributed by atoms with Gasteiger partial charge in [0.15, 0.2) is 5.13 Å². The van der Waals surface area contributed by atoms with Gasteiger partial charge in [0.05, 0.1) is 12.2 Å². The predicted octanol–water partition coefficient (Wildman–Crippen LogP) is 5.32. The molecule has 2 aliphatic carbocycles. The van der Waals surface area contributed by atoms with Crippen molar-refractivity contribution in [2.75, 3.05) is 24.1 Å². The molecule has 7 heteroatoms. The molecule has 2 saturated carbocycles. The van der Waals surface area contributed by atoms with Crippen LogP contribution in [-0.4, -0.2) is 34.8 Å². The summed E-state index contributed by atoms with van der Waals surface area (Å²) >= 11 is 1.41. The van der Waals surface area contributed by atoms with E-state index in [2.05, 4.69) is 10.3 Å². The monoisotopic (exact) mass is 454 g/mol. The quantitative estimate of drug-likeness (QED) is 0.565. The molecule has 0 spiro atoms. The minimum atomic E-state index is -0.133. The molecule has 0 radical (unpaired) electrons. The van der Waals surface area contributed by atoms with Gasteiger partial charge in [-0.25, -0.2) is 4.98 Å². The molecule has 32 heavy (non-hydrogen) atoms. The van der Waals surface area contributed by atoms with E-state index in [1.807, 2.05) is 34.5 Å². The van der Waals surface area contributed by atoms with Crippen molar-refractivity contribution in [1.82, 2.24) is 9.88 Å². The number of nitrogens with zero attached hydrogens (tertiary/aromatic N) is 2. The van der Waals surface area contributed by atoms with E-state index in [0.717, 1.165) is 42.6 Å². The summed E-state index contributed by atoms with van der Waals surface area (Å²) in [5.41, 5.74) is 8.24. The Balaban J connectivity index is 1.36. The fourth-order valence-electron chi connectivity index (χ4n) is 5.04. The van der Waals surface area contributed by atoms with Crippen molar-refractivity contribution in [3.8, 4) is 11.3 Å². The van der Waals surface area contributed by atoms with E-state index in [1.165, 1.54) is 43.4 Å². The average Bonchev–Trinajstić information content (AvgIpc) is 3.46. The summed E-state index contributed by atoms with van der Waals surface area (Å²) in [6.45, 7) is 0.843. The number of aromatic nitrogens is 1. The van der Waals surface area contributed by atoms with Crippen LogP contribution in [0.15, 0.2) is 29.6 Å². The van der Waals surface area contributed by atoms with Crippen molar-refractivity contribution in [2.45, 2.75) is 64.2 Å². The number of rotatable bonds is 8. The van der Waals surface area contributed by atoms with Crippen molar-refractivity contribution in [2.24, 2.45) is 11.8 Å². The fraction of sp³-hybridized carbons (Fsp3) is 0.560. The van der Waals surface area contributed by atoms with Gasteiger partial charge >= 0.3 is 0 Å². The lowest BCUT2D eigenvalue weighted by molar-refractivity contribution is -0.136. The molecule has 0 atom stereocenters. The number of amides is 2. The van der Waals surface area contributed by atoms with Gasteiger partial charge in [-0.15, -0.1) is 11.3 Å². The van der Waals surface area contributed by atoms with E-state index in [0.29, 0.717) is 29.9 Å². The number of thiazole rings is 1. The van der Waals surface area contributed by atoms with Gasteiger partial charge < -0.3 is 16.0 Å². The van der Waals surface area contributed by atoms with Crippen LogP contribution in [0, 0.1) is 11.8 Å². The van der Waals surface area contributed by atoms with Crippen LogP contribution in [0.2, 0.25) is 0 Å². The Hall–Kier alpha value is -2.41. The van der Waals surface area contributed by atoms with Gasteiger partial charge in [0.1, 0.15) is 0 Å². The molecule has 2 aliphatic rings. The third-order valence-electron chi connectivity index (χ3n) is 6.81. The normalized spacial score (nSPS) is 17.4. The zero-order valence-corrected chi connectivity index (χ0v) is 19.5. The second kappa shape index (κ2) is 10.9. The standard InChI is InChI=1S/C25H34N4O2S/c26-25-28-22(17-32-25)20-10-12-21(13-11-20)27-23(30)16-29(15-19-8-2-1-3-9-19)24(31)14-18-6-4-5-7-18/h10-13,17-19H,1-9,14-16H2,(H2,26,28)(H,27,30). The molecule has 0 unspecified atom stereocenters. The van der Waals surface area contributed by atoms with E-state index < -0.39 is 0 Å². The van der Waals surface area contributed by atoms with Crippen molar-refractivity contribution in [1.29, 1.82) is 0 Å². The number of nitrogen functional groups attached to an aromatic ring is 1. The second-order valence-corrected chi connectivity index (χ2v) is 10.2. The number of hydrogen-bond acceptors (Lipinski definition) is 5. The number of carbonyl (C=O) groups excluding carboxylic acids is 2. The Kier molecular flexibility index (Phi) is 7.79. The van der Waals surface area contributed by atoms with Crippen molar-refractivity contribution >= 4 is 34.0 Å². The summed E-state index contributed by atoms with van der Waals surface area (Å²) in [5, 5.41) is 5.42. The van der Waals surface area contributed by atoms with E-state index in [9.17, 15) is 9.59 Å². The number of benzene rings is 1. The minimum absolute atomic E-state index is 0.131. The van der Waals surface area contributed by atoms with E-state index in [4.69, 9.17) is 5.73 Å². The Bertz CT molecular complexity index is 899. The van der Waals surface area contributed by atoms with Crippen LogP contribution in [-0.2, 0) is 9.59 Å². The first-order valence-electron chi connectivity index (χ1n) is 12.0. The lowest BCUT2D eigenvalue weighted by atomic mass is 9.88. The van der Waals surface area contributed by atoms with Crippen LogP contribution >= 0.6 is 11.3 Å². The molecule has 4 rings (SSSR count). The van der Waals surface area contributed by atoms with Crippen LogP contribution in [0.3, 0.4) is 0 Å². The molecule has 2 fully saturated rings. The molecule has 3 N–H and O–H groups in total. The number of anilines is 2. The Morgan fingerprint density at radius 1 is 1.00 bits per heavy atom. The third-order valence-corrected chi connectivity index (χ3v) is 7.49. The van der Waals surface area contributed by atoms with Crippen LogP contribution in [0.25, 0.3) is 11.3 Å². The molecule has 2 aromatic rings. The highest BCUT2D eigenvalue weighted by molar-refractivity contribution is 7.13. The first kappa shape index (κ1) is 22.8. The summed E-state index contributed by atoms with van der Waals surface area (Å²) in [4.78, 5) is 32.0. The van der Waals surface area contributed by atoms with Gasteiger partial charge in [0, 0.05) is 29.6 Å². The zero-order chi connectivity index (χ0) is 22.3. The molecule has 1 heterocycles. The van der Waals surface area contributed by atoms with Gasteiger partial charge in [-0.2, -0.15) is 0 Å². The summed E-state index contributed by atoms with van der Waals surface area (Å²) in [5.74, 6) is 1.03. The SMILES string of the molecule is Nc1nc(-c2ccc(NC(=O)CN(CC3CCCCC3)C(=O)CC3CCCC3)cc2)cs1. The average molecular weight is 455 g/mol. The smallest absolute Gasteiger partial charge is 0.243 e. The van der Waals surface area contributed by atoms with Crippen molar-refractivity contribution < 1.29 is 9.59 Å². The molecular formula is C25H34N4O2S. The summed E-state index contributed by atoms with van der Waals surface area (Å²) < 4.78 is 0. The highest BCUT2D eigenvalue weighted by Gasteiger charge is 2.26. The third kappa shape index (κ3) is 6.31. The summed E-state index contributed by atoms with van der Waals surface area (Å²) in [7, 11) is 0. The van der Waals surface area contributed by atoms with Crippen LogP contribution < -0.4 is 11.1 Å². The minimum Gasteiger partial charge on any atom is -0.375 e. The zero-order valence-electron chi connectivity index (χ0n) is 18.7. The fourth-order valence-corrected chi connectivity index (χ4v) is 5.62. The van der Waals surface area contributed by atoms with Crippen LogP contribution in [0.4, 0.5) is 10.8 Å². The molecular weight excluding hydrogens is 420 g/mol. The number of hydrogen-bond donors (Lipinski definition) is 2. The Morgan fingerprint density at radius 3 is 2.31 bits per heavy atom. The van der Waals surface area contributed by atoms with Gasteiger partial charge in [-0.3, -0.25) is 9.59 Å². The number of nitrogens with two attached hydrogens (primary N) is 1. The van der Waals surface area contributed by atoms with Crippen molar-refractivity contribution in [3.05, 3.63) is 29.6 Å². The molecule has 0 saturated heterocycles. The summed E-state index contributed by atoms with van der Waals surface area (Å²) in [6, 6.07) is 7.59. The van der Waals surface area contributed by atoms with Gasteiger partial charge in [0.25, 0.3) is 0 Å². The number of nitrogens with one attached hydrogen (secondary N) is 1. The maximum Gasteiger partial charge on any atom is 0.243 e. The molecule has 1 aromatic heterocycles. The molecule has 172 valence electrons. The Morgan fingerprint density at radius 2 is 1.66 bits per heavy atom. The highest BCUT2D eigenvalue weighted by atomic mass is 32.1. The van der Waals surface area contributed by atoms with E-state index >= 15 is 0 Å². The van der Waals surface area contributed by atoms with Gasteiger partial charge in [0.2, 0.25) is 11.8 Å². The van der Waals surface area contributed by atoms with Gasteiger partial charge in [-0.1, -0.05) is 44.2 Å². The molecule has 6 nitrogen and oxygen atoms in total. The first-order chi connectivity index (χ1) is 15.6. The predicted molar refractivity (Wildman–Crippen MR) is 130 cm³/mol. The van der Waals surface area contributed by atoms with Crippen LogP contribution in [0.1, 0.15) is 64.2 Å². The van der Waals surface area contributed by atoms with E-state index in [1.54, 1.807) is 0 Å². The number of carbonyl (C=O) groups is 2. The topological polar surface area (TPSA) is 88.3 Å². The lowest BCUT2D eigenvalue weighted by Gasteiger charge is -2.30. The summed E-state index contributed by atoms with van der Waals surface area (Å²) in [6.07, 6.45) is 11.4. The largest absolute Gasteiger partial charge is 0.375 e. The van der Waals surface area contributed by atoms with Crippen molar-refractivity contribution in [3.63, 3.8) is 0 Å². The maximum atomic E-state index is 13.1.